The fourth-order valence-corrected chi connectivity index (χ4v) is 3.29. The monoisotopic (exact) mass is 317 g/mol. The van der Waals surface area contributed by atoms with Crippen LogP contribution in [0.4, 0.5) is 0 Å². The van der Waals surface area contributed by atoms with Crippen molar-refractivity contribution in [2.75, 3.05) is 0 Å². The fraction of sp³-hybridized carbons (Fsp3) is 0.579. The van der Waals surface area contributed by atoms with Crippen LogP contribution < -0.4 is 5.32 Å². The molecule has 0 aliphatic heterocycles. The van der Waals surface area contributed by atoms with Gasteiger partial charge in [-0.2, -0.15) is 0 Å². The molecule has 0 spiro atoms. The molecule has 0 bridgehead atoms. The third kappa shape index (κ3) is 5.38. The molecule has 126 valence electrons. The number of amides is 1. The SMILES string of the molecule is Cc1ccc(C)c(CCCC(=O)NC2CCC(C(=O)O)CC2)c1. The second-order valence-electron chi connectivity index (χ2n) is 6.74. The molecular formula is C19H27NO3. The third-order valence-corrected chi connectivity index (χ3v) is 4.80. The maximum absolute atomic E-state index is 12.0. The van der Waals surface area contributed by atoms with Crippen LogP contribution in [-0.2, 0) is 16.0 Å². The molecule has 1 amide bonds. The van der Waals surface area contributed by atoms with E-state index in [2.05, 4.69) is 37.4 Å². The zero-order valence-corrected chi connectivity index (χ0v) is 14.1. The zero-order valence-electron chi connectivity index (χ0n) is 14.1. The Balaban J connectivity index is 1.69. The highest BCUT2D eigenvalue weighted by molar-refractivity contribution is 5.76. The lowest BCUT2D eigenvalue weighted by atomic mass is 9.86. The van der Waals surface area contributed by atoms with E-state index in [1.165, 1.54) is 16.7 Å². The van der Waals surface area contributed by atoms with Crippen molar-refractivity contribution in [2.45, 2.75) is 64.8 Å². The average Bonchev–Trinajstić information content (AvgIpc) is 2.51. The van der Waals surface area contributed by atoms with Gasteiger partial charge in [-0.15, -0.1) is 0 Å². The van der Waals surface area contributed by atoms with Gasteiger partial charge < -0.3 is 10.4 Å². The molecular weight excluding hydrogens is 290 g/mol. The van der Waals surface area contributed by atoms with Gasteiger partial charge in [0.25, 0.3) is 0 Å². The Labute approximate surface area is 138 Å². The minimum absolute atomic E-state index is 0.0917. The predicted octanol–water partition coefficient (Wildman–Crippen LogP) is 3.39. The van der Waals surface area contributed by atoms with Crippen LogP contribution in [0.1, 0.15) is 55.2 Å². The first-order chi connectivity index (χ1) is 11.0. The molecule has 0 atom stereocenters. The first-order valence-electron chi connectivity index (χ1n) is 8.54. The number of hydrogen-bond donors (Lipinski definition) is 2. The Kier molecular flexibility index (Phi) is 6.20. The number of carboxylic acid groups (broad SMARTS) is 1. The third-order valence-electron chi connectivity index (χ3n) is 4.80. The van der Waals surface area contributed by atoms with Crippen LogP contribution >= 0.6 is 0 Å². The molecule has 1 aliphatic carbocycles. The minimum atomic E-state index is -0.705. The molecule has 2 rings (SSSR count). The molecule has 0 aromatic heterocycles. The fourth-order valence-electron chi connectivity index (χ4n) is 3.29. The summed E-state index contributed by atoms with van der Waals surface area (Å²) in [6.45, 7) is 4.19. The minimum Gasteiger partial charge on any atom is -0.481 e. The standard InChI is InChI=1S/C19H27NO3/c1-13-6-7-14(2)16(12-13)4-3-5-18(21)20-17-10-8-15(9-11-17)19(22)23/h6-7,12,15,17H,3-5,8-11H2,1-2H3,(H,20,21)(H,22,23). The lowest BCUT2D eigenvalue weighted by Gasteiger charge is -2.26. The normalized spacial score (nSPS) is 21.0. The summed E-state index contributed by atoms with van der Waals surface area (Å²) in [6, 6.07) is 6.59. The van der Waals surface area contributed by atoms with Crippen molar-refractivity contribution in [3.8, 4) is 0 Å². The van der Waals surface area contributed by atoms with Crippen molar-refractivity contribution in [3.63, 3.8) is 0 Å². The van der Waals surface area contributed by atoms with E-state index in [1.54, 1.807) is 0 Å². The molecule has 1 fully saturated rings. The molecule has 1 aromatic rings. The summed E-state index contributed by atoms with van der Waals surface area (Å²) in [6.07, 6.45) is 5.20. The van der Waals surface area contributed by atoms with E-state index in [-0.39, 0.29) is 17.9 Å². The van der Waals surface area contributed by atoms with Gasteiger partial charge in [-0.3, -0.25) is 9.59 Å². The van der Waals surface area contributed by atoms with E-state index in [0.717, 1.165) is 25.7 Å². The summed E-state index contributed by atoms with van der Waals surface area (Å²) in [4.78, 5) is 23.0. The average molecular weight is 317 g/mol. The first kappa shape index (κ1) is 17.5. The van der Waals surface area contributed by atoms with E-state index in [9.17, 15) is 9.59 Å². The largest absolute Gasteiger partial charge is 0.481 e. The van der Waals surface area contributed by atoms with E-state index < -0.39 is 5.97 Å². The van der Waals surface area contributed by atoms with Crippen LogP contribution in [0.15, 0.2) is 18.2 Å². The highest BCUT2D eigenvalue weighted by atomic mass is 16.4. The molecule has 1 saturated carbocycles. The van der Waals surface area contributed by atoms with Crippen molar-refractivity contribution in [1.29, 1.82) is 0 Å². The molecule has 1 aromatic carbocycles. The summed E-state index contributed by atoms with van der Waals surface area (Å²) in [5, 5.41) is 12.0. The quantitative estimate of drug-likeness (QED) is 0.845. The Morgan fingerprint density at radius 2 is 1.87 bits per heavy atom. The molecule has 0 saturated heterocycles. The first-order valence-corrected chi connectivity index (χ1v) is 8.54. The summed E-state index contributed by atoms with van der Waals surface area (Å²) in [5.74, 6) is -0.843. The van der Waals surface area contributed by atoms with Gasteiger partial charge in [0.1, 0.15) is 0 Å². The van der Waals surface area contributed by atoms with Gasteiger partial charge in [0, 0.05) is 12.5 Å². The molecule has 1 aliphatic rings. The van der Waals surface area contributed by atoms with Crippen LogP contribution in [0.3, 0.4) is 0 Å². The number of carbonyl (C=O) groups is 2. The topological polar surface area (TPSA) is 66.4 Å². The number of carboxylic acids is 1. The van der Waals surface area contributed by atoms with Crippen LogP contribution in [0.25, 0.3) is 0 Å². The van der Waals surface area contributed by atoms with Crippen molar-refractivity contribution >= 4 is 11.9 Å². The molecule has 2 N–H and O–H groups in total. The number of carbonyl (C=O) groups excluding carboxylic acids is 1. The van der Waals surface area contributed by atoms with Gasteiger partial charge in [-0.25, -0.2) is 0 Å². The van der Waals surface area contributed by atoms with Crippen molar-refractivity contribution in [1.82, 2.24) is 5.32 Å². The smallest absolute Gasteiger partial charge is 0.306 e. The maximum Gasteiger partial charge on any atom is 0.306 e. The van der Waals surface area contributed by atoms with E-state index in [4.69, 9.17) is 5.11 Å². The van der Waals surface area contributed by atoms with E-state index >= 15 is 0 Å². The Hall–Kier alpha value is -1.84. The predicted molar refractivity (Wildman–Crippen MR) is 90.4 cm³/mol. The van der Waals surface area contributed by atoms with Gasteiger partial charge >= 0.3 is 5.97 Å². The van der Waals surface area contributed by atoms with Gasteiger partial charge in [0.2, 0.25) is 5.91 Å². The van der Waals surface area contributed by atoms with Gasteiger partial charge in [0.05, 0.1) is 5.92 Å². The van der Waals surface area contributed by atoms with Crippen LogP contribution in [0.2, 0.25) is 0 Å². The number of aliphatic carboxylic acids is 1. The second-order valence-corrected chi connectivity index (χ2v) is 6.74. The number of rotatable bonds is 6. The highest BCUT2D eigenvalue weighted by Gasteiger charge is 2.26. The van der Waals surface area contributed by atoms with Crippen LogP contribution in [0, 0.1) is 19.8 Å². The molecule has 23 heavy (non-hydrogen) atoms. The van der Waals surface area contributed by atoms with E-state index in [0.29, 0.717) is 19.3 Å². The Morgan fingerprint density at radius 1 is 1.17 bits per heavy atom. The summed E-state index contributed by atoms with van der Waals surface area (Å²) in [5.41, 5.74) is 3.85. The van der Waals surface area contributed by atoms with Crippen molar-refractivity contribution in [2.24, 2.45) is 5.92 Å². The lowest BCUT2D eigenvalue weighted by molar-refractivity contribution is -0.142. The van der Waals surface area contributed by atoms with Gasteiger partial charge in [-0.1, -0.05) is 23.8 Å². The maximum atomic E-state index is 12.0. The zero-order chi connectivity index (χ0) is 16.8. The van der Waals surface area contributed by atoms with Gasteiger partial charge in [0.15, 0.2) is 0 Å². The molecule has 4 heteroatoms. The Morgan fingerprint density at radius 3 is 2.52 bits per heavy atom. The number of nitrogens with one attached hydrogen (secondary N) is 1. The highest BCUT2D eigenvalue weighted by Crippen LogP contribution is 2.24. The summed E-state index contributed by atoms with van der Waals surface area (Å²) >= 11 is 0. The Bertz CT molecular complexity index is 560. The van der Waals surface area contributed by atoms with Gasteiger partial charge in [-0.05, 0) is 63.5 Å². The van der Waals surface area contributed by atoms with Crippen molar-refractivity contribution in [3.05, 3.63) is 34.9 Å². The van der Waals surface area contributed by atoms with Crippen LogP contribution in [0.5, 0.6) is 0 Å². The molecule has 0 unspecified atom stereocenters. The van der Waals surface area contributed by atoms with Crippen LogP contribution in [-0.4, -0.2) is 23.0 Å². The summed E-state index contributed by atoms with van der Waals surface area (Å²) < 4.78 is 0. The molecule has 0 radical (unpaired) electrons. The van der Waals surface area contributed by atoms with Crippen molar-refractivity contribution < 1.29 is 14.7 Å². The number of aryl methyl sites for hydroxylation is 3. The summed E-state index contributed by atoms with van der Waals surface area (Å²) in [7, 11) is 0. The molecule has 0 heterocycles. The lowest BCUT2D eigenvalue weighted by Crippen LogP contribution is -2.38. The number of benzene rings is 1. The second kappa shape index (κ2) is 8.14. The number of hydrogen-bond acceptors (Lipinski definition) is 2. The van der Waals surface area contributed by atoms with E-state index in [1.807, 2.05) is 0 Å². The molecule has 4 nitrogen and oxygen atoms in total.